The molecule has 0 aliphatic rings. The number of carbonyl (C=O) groups excluding carboxylic acids is 4. The van der Waals surface area contributed by atoms with Crippen LogP contribution in [-0.4, -0.2) is 58.8 Å². The quantitative estimate of drug-likeness (QED) is 0.117. The van der Waals surface area contributed by atoms with Crippen molar-refractivity contribution in [1.82, 2.24) is 31.2 Å². The zero-order valence-electron chi connectivity index (χ0n) is 28.4. The Bertz CT molecular complexity index is 1070. The Morgan fingerprint density at radius 2 is 0.848 bits per heavy atom. The van der Waals surface area contributed by atoms with Crippen LogP contribution in [-0.2, 0) is 9.59 Å². The van der Waals surface area contributed by atoms with Crippen LogP contribution in [0.4, 0.5) is 0 Å². The van der Waals surface area contributed by atoms with Crippen LogP contribution in [0.1, 0.15) is 125 Å². The molecule has 2 aromatic heterocycles. The molecule has 0 bridgehead atoms. The second-order valence-corrected chi connectivity index (χ2v) is 12.3. The zero-order chi connectivity index (χ0) is 33.6. The molecule has 4 atom stereocenters. The zero-order valence-corrected chi connectivity index (χ0v) is 28.4. The van der Waals surface area contributed by atoms with Crippen LogP contribution >= 0.6 is 0 Å². The van der Waals surface area contributed by atoms with Crippen molar-refractivity contribution in [3.63, 3.8) is 0 Å². The molecule has 2 heterocycles. The van der Waals surface area contributed by atoms with Gasteiger partial charge in [-0.1, -0.05) is 91.9 Å². The Morgan fingerprint density at radius 3 is 1.15 bits per heavy atom. The number of unbranched alkanes of at least 4 members (excludes halogenated alkanes) is 9. The maximum Gasteiger partial charge on any atom is 0.252 e. The first-order valence-electron chi connectivity index (χ1n) is 17.3. The molecule has 0 aliphatic heterocycles. The number of pyridine rings is 2. The number of nitrogens with zero attached hydrogens (tertiary/aromatic N) is 2. The van der Waals surface area contributed by atoms with Crippen LogP contribution in [0.15, 0.2) is 49.1 Å². The average molecular weight is 637 g/mol. The van der Waals surface area contributed by atoms with Crippen LogP contribution in [0.2, 0.25) is 0 Å². The van der Waals surface area contributed by atoms with Gasteiger partial charge in [-0.05, 0) is 48.9 Å². The molecular formula is C36H56N6O4. The summed E-state index contributed by atoms with van der Waals surface area (Å²) in [5, 5.41) is 11.8. The van der Waals surface area contributed by atoms with E-state index in [9.17, 15) is 19.2 Å². The van der Waals surface area contributed by atoms with Gasteiger partial charge in [-0.15, -0.1) is 0 Å². The molecule has 2 aromatic rings. The van der Waals surface area contributed by atoms with Gasteiger partial charge in [0.15, 0.2) is 0 Å². The summed E-state index contributed by atoms with van der Waals surface area (Å²) in [6.45, 7) is 9.22. The summed E-state index contributed by atoms with van der Waals surface area (Å²) in [6, 6.07) is 5.45. The van der Waals surface area contributed by atoms with Gasteiger partial charge in [0.1, 0.15) is 12.1 Å². The van der Waals surface area contributed by atoms with Gasteiger partial charge in [0.25, 0.3) is 11.8 Å². The molecule has 10 heteroatoms. The molecule has 2 rings (SSSR count). The molecule has 254 valence electrons. The Morgan fingerprint density at radius 1 is 0.543 bits per heavy atom. The van der Waals surface area contributed by atoms with E-state index in [1.807, 2.05) is 27.7 Å². The SMILES string of the molecule is CCC(C)[C@H](NC(=O)c1ccncc1)C(=O)NCCCCCCCCCCCCNC(=O)[C@@H](NC(=O)c1ccncc1)C(C)CC. The number of nitrogens with one attached hydrogen (secondary N) is 4. The predicted octanol–water partition coefficient (Wildman–Crippen LogP) is 5.60. The van der Waals surface area contributed by atoms with E-state index < -0.39 is 12.1 Å². The highest BCUT2D eigenvalue weighted by Crippen LogP contribution is 2.13. The van der Waals surface area contributed by atoms with Gasteiger partial charge in [-0.3, -0.25) is 29.1 Å². The Kier molecular flexibility index (Phi) is 18.9. The fourth-order valence-corrected chi connectivity index (χ4v) is 5.17. The molecule has 0 aliphatic carbocycles. The number of amides is 4. The first-order valence-corrected chi connectivity index (χ1v) is 17.3. The second-order valence-electron chi connectivity index (χ2n) is 12.3. The van der Waals surface area contributed by atoms with Crippen molar-refractivity contribution in [2.24, 2.45) is 11.8 Å². The van der Waals surface area contributed by atoms with Gasteiger partial charge in [0.05, 0.1) is 0 Å². The Balaban J connectivity index is 1.50. The van der Waals surface area contributed by atoms with Crippen LogP contribution < -0.4 is 21.3 Å². The topological polar surface area (TPSA) is 142 Å². The van der Waals surface area contributed by atoms with Gasteiger partial charge in [0, 0.05) is 49.0 Å². The van der Waals surface area contributed by atoms with E-state index in [-0.39, 0.29) is 35.5 Å². The molecule has 10 nitrogen and oxygen atoms in total. The van der Waals surface area contributed by atoms with Gasteiger partial charge in [0.2, 0.25) is 11.8 Å². The summed E-state index contributed by atoms with van der Waals surface area (Å²) in [7, 11) is 0. The van der Waals surface area contributed by atoms with Crippen molar-refractivity contribution in [3.05, 3.63) is 60.2 Å². The number of aromatic nitrogens is 2. The third-order valence-electron chi connectivity index (χ3n) is 8.65. The van der Waals surface area contributed by atoms with E-state index in [1.54, 1.807) is 49.1 Å². The summed E-state index contributed by atoms with van der Waals surface area (Å²) in [6.07, 6.45) is 18.9. The Labute approximate surface area is 275 Å². The maximum atomic E-state index is 12.8. The molecule has 0 fully saturated rings. The lowest BCUT2D eigenvalue weighted by atomic mass is 9.97. The van der Waals surface area contributed by atoms with Gasteiger partial charge in [-0.2, -0.15) is 0 Å². The average Bonchev–Trinajstić information content (AvgIpc) is 3.09. The summed E-state index contributed by atoms with van der Waals surface area (Å²) in [5.41, 5.74) is 0.993. The van der Waals surface area contributed by atoms with E-state index in [0.717, 1.165) is 51.4 Å². The highest BCUT2D eigenvalue weighted by Gasteiger charge is 2.27. The second kappa shape index (κ2) is 22.6. The van der Waals surface area contributed by atoms with Crippen LogP contribution in [0.25, 0.3) is 0 Å². The van der Waals surface area contributed by atoms with E-state index in [0.29, 0.717) is 24.2 Å². The standard InChI is InChI=1S/C36H56N6O4/c1-5-27(3)31(41-33(43)29-17-23-37-24-18-29)35(45)39-21-15-13-11-9-7-8-10-12-14-16-22-40-36(46)32(28(4)6-2)42-34(44)30-19-25-38-26-20-30/h17-20,23-28,31-32H,5-16,21-22H2,1-4H3,(H,39,45)(H,40,46)(H,41,43)(H,42,44)/t27?,28?,31-,32-/m0/s1. The van der Waals surface area contributed by atoms with Gasteiger partial charge in [-0.25, -0.2) is 0 Å². The predicted molar refractivity (Wildman–Crippen MR) is 182 cm³/mol. The molecule has 0 radical (unpaired) electrons. The van der Waals surface area contributed by atoms with Crippen molar-refractivity contribution in [1.29, 1.82) is 0 Å². The fraction of sp³-hybridized carbons (Fsp3) is 0.611. The highest BCUT2D eigenvalue weighted by atomic mass is 16.2. The normalized spacial score (nSPS) is 13.6. The summed E-state index contributed by atoms with van der Waals surface area (Å²) < 4.78 is 0. The summed E-state index contributed by atoms with van der Waals surface area (Å²) in [4.78, 5) is 58.7. The summed E-state index contributed by atoms with van der Waals surface area (Å²) >= 11 is 0. The highest BCUT2D eigenvalue weighted by molar-refractivity contribution is 5.98. The third kappa shape index (κ3) is 14.5. The number of carbonyl (C=O) groups is 4. The molecule has 0 saturated heterocycles. The monoisotopic (exact) mass is 636 g/mol. The molecule has 0 saturated carbocycles. The van der Waals surface area contributed by atoms with Crippen LogP contribution in [0.5, 0.6) is 0 Å². The van der Waals surface area contributed by atoms with E-state index in [2.05, 4.69) is 31.2 Å². The third-order valence-corrected chi connectivity index (χ3v) is 8.65. The van der Waals surface area contributed by atoms with Crippen molar-refractivity contribution >= 4 is 23.6 Å². The number of rotatable bonds is 23. The van der Waals surface area contributed by atoms with Gasteiger partial charge < -0.3 is 21.3 Å². The summed E-state index contributed by atoms with van der Waals surface area (Å²) in [5.74, 6) is -0.707. The lowest BCUT2D eigenvalue weighted by Gasteiger charge is -2.23. The minimum atomic E-state index is -0.561. The number of hydrogen-bond acceptors (Lipinski definition) is 6. The van der Waals surface area contributed by atoms with Crippen molar-refractivity contribution in [2.75, 3.05) is 13.1 Å². The lowest BCUT2D eigenvalue weighted by Crippen LogP contribution is -2.50. The molecule has 4 N–H and O–H groups in total. The van der Waals surface area contributed by atoms with Crippen molar-refractivity contribution in [2.45, 2.75) is 117 Å². The van der Waals surface area contributed by atoms with E-state index >= 15 is 0 Å². The van der Waals surface area contributed by atoms with Crippen molar-refractivity contribution in [3.8, 4) is 0 Å². The lowest BCUT2D eigenvalue weighted by molar-refractivity contribution is -0.124. The van der Waals surface area contributed by atoms with Crippen LogP contribution in [0, 0.1) is 11.8 Å². The molecule has 2 unspecified atom stereocenters. The Hall–Kier alpha value is -3.82. The number of hydrogen-bond donors (Lipinski definition) is 4. The molecule has 0 spiro atoms. The first-order chi connectivity index (χ1) is 22.3. The van der Waals surface area contributed by atoms with Crippen LogP contribution in [0.3, 0.4) is 0 Å². The van der Waals surface area contributed by atoms with E-state index in [1.165, 1.54) is 25.7 Å². The first kappa shape index (κ1) is 38.4. The van der Waals surface area contributed by atoms with Crippen molar-refractivity contribution < 1.29 is 19.2 Å². The fourth-order valence-electron chi connectivity index (χ4n) is 5.17. The maximum absolute atomic E-state index is 12.8. The van der Waals surface area contributed by atoms with E-state index in [4.69, 9.17) is 0 Å². The molecule has 0 aromatic carbocycles. The minimum Gasteiger partial charge on any atom is -0.354 e. The smallest absolute Gasteiger partial charge is 0.252 e. The molecular weight excluding hydrogens is 580 g/mol. The molecule has 4 amide bonds. The largest absolute Gasteiger partial charge is 0.354 e. The molecule has 46 heavy (non-hydrogen) atoms. The van der Waals surface area contributed by atoms with Gasteiger partial charge >= 0.3 is 0 Å². The minimum absolute atomic E-state index is 0.0317.